The Bertz CT molecular complexity index is 1390. The molecule has 0 spiro atoms. The molecule has 1 saturated heterocycles. The van der Waals surface area contributed by atoms with E-state index in [0.29, 0.717) is 37.6 Å². The first kappa shape index (κ1) is 26.9. The number of hydrogen-bond acceptors (Lipinski definition) is 6. The lowest BCUT2D eigenvalue weighted by atomic mass is 10.0. The zero-order chi connectivity index (χ0) is 27.9. The molecule has 39 heavy (non-hydrogen) atoms. The van der Waals surface area contributed by atoms with Gasteiger partial charge in [-0.15, -0.1) is 0 Å². The van der Waals surface area contributed by atoms with E-state index in [2.05, 4.69) is 20.3 Å². The predicted molar refractivity (Wildman–Crippen MR) is 136 cm³/mol. The summed E-state index contributed by atoms with van der Waals surface area (Å²) in [6, 6.07) is 3.24. The van der Waals surface area contributed by atoms with Crippen LogP contribution in [0.15, 0.2) is 30.7 Å². The number of fused-ring (bicyclic) bond motifs is 1. The molecule has 0 bridgehead atoms. The molecule has 208 valence electrons. The van der Waals surface area contributed by atoms with Crippen molar-refractivity contribution in [3.05, 3.63) is 41.9 Å². The maximum Gasteiger partial charge on any atom is 0.416 e. The van der Waals surface area contributed by atoms with Crippen LogP contribution in [0.2, 0.25) is 0 Å². The molecule has 2 aliphatic rings. The molecule has 1 aliphatic carbocycles. The molecule has 5 rings (SSSR count). The van der Waals surface area contributed by atoms with Crippen molar-refractivity contribution in [2.45, 2.75) is 51.4 Å². The fourth-order valence-electron chi connectivity index (χ4n) is 5.00. The van der Waals surface area contributed by atoms with Crippen LogP contribution in [0.25, 0.3) is 22.3 Å². The molecule has 1 aliphatic heterocycles. The number of likely N-dealkylation sites (tertiary alicyclic amines) is 1. The van der Waals surface area contributed by atoms with Crippen LogP contribution in [-0.2, 0) is 11.0 Å². The zero-order valence-corrected chi connectivity index (χ0v) is 21.6. The van der Waals surface area contributed by atoms with E-state index in [9.17, 15) is 27.9 Å². The number of aromatic nitrogens is 3. The van der Waals surface area contributed by atoms with Crippen LogP contribution in [0.1, 0.15) is 49.0 Å². The number of ether oxygens (including phenoxy) is 1. The van der Waals surface area contributed by atoms with Gasteiger partial charge in [0, 0.05) is 30.9 Å². The van der Waals surface area contributed by atoms with Gasteiger partial charge in [-0.1, -0.05) is 0 Å². The minimum absolute atomic E-state index is 0.0123. The number of hydrogen-bond donors (Lipinski definition) is 3. The Hall–Kier alpha value is -3.67. The Morgan fingerprint density at radius 3 is 2.72 bits per heavy atom. The maximum absolute atomic E-state index is 13.5. The maximum atomic E-state index is 13.5. The zero-order valence-electron chi connectivity index (χ0n) is 21.6. The van der Waals surface area contributed by atoms with Gasteiger partial charge >= 0.3 is 6.18 Å². The molecule has 12 heteroatoms. The second-order valence-corrected chi connectivity index (χ2v) is 10.4. The molecule has 3 atom stereocenters. The fourth-order valence-corrected chi connectivity index (χ4v) is 5.00. The van der Waals surface area contributed by atoms with Crippen LogP contribution in [-0.4, -0.2) is 68.6 Å². The van der Waals surface area contributed by atoms with Crippen molar-refractivity contribution in [1.82, 2.24) is 25.2 Å². The summed E-state index contributed by atoms with van der Waals surface area (Å²) >= 11 is 0. The number of carbonyl (C=O) groups is 2. The average Bonchev–Trinajstić information content (AvgIpc) is 3.50. The Kier molecular flexibility index (Phi) is 7.23. The number of aromatic amines is 1. The Labute approximate surface area is 222 Å². The van der Waals surface area contributed by atoms with E-state index in [4.69, 9.17) is 4.74 Å². The topological polar surface area (TPSA) is 120 Å². The first-order valence-electron chi connectivity index (χ1n) is 13.0. The number of rotatable bonds is 8. The minimum atomic E-state index is -4.55. The van der Waals surface area contributed by atoms with E-state index in [1.807, 2.05) is 6.92 Å². The predicted octanol–water partition coefficient (Wildman–Crippen LogP) is 3.78. The van der Waals surface area contributed by atoms with E-state index in [0.717, 1.165) is 25.0 Å². The number of carbonyl (C=O) groups excluding carboxylic acids is 2. The van der Waals surface area contributed by atoms with Crippen LogP contribution < -0.4 is 10.1 Å². The smallest absolute Gasteiger partial charge is 0.416 e. The first-order chi connectivity index (χ1) is 18.5. The fraction of sp³-hybridized carbons (Fsp3) is 0.481. The quantitative estimate of drug-likeness (QED) is 0.396. The van der Waals surface area contributed by atoms with Crippen LogP contribution >= 0.6 is 0 Å². The highest BCUT2D eigenvalue weighted by Gasteiger charge is 2.35. The molecule has 0 unspecified atom stereocenters. The van der Waals surface area contributed by atoms with Gasteiger partial charge in [-0.05, 0) is 63.1 Å². The van der Waals surface area contributed by atoms with Crippen molar-refractivity contribution < 1.29 is 32.6 Å². The van der Waals surface area contributed by atoms with Crippen LogP contribution in [0.5, 0.6) is 5.75 Å². The molecule has 2 amide bonds. The van der Waals surface area contributed by atoms with Crippen molar-refractivity contribution >= 4 is 22.8 Å². The van der Waals surface area contributed by atoms with Gasteiger partial charge in [0.1, 0.15) is 29.4 Å². The second kappa shape index (κ2) is 10.5. The molecule has 1 aromatic carbocycles. The summed E-state index contributed by atoms with van der Waals surface area (Å²) in [7, 11) is 0. The van der Waals surface area contributed by atoms with Crippen LogP contribution in [0.4, 0.5) is 13.2 Å². The number of aliphatic hydroxyl groups excluding tert-OH is 1. The summed E-state index contributed by atoms with van der Waals surface area (Å²) < 4.78 is 46.5. The van der Waals surface area contributed by atoms with Crippen LogP contribution in [0, 0.1) is 11.8 Å². The van der Waals surface area contributed by atoms with Gasteiger partial charge < -0.3 is 25.0 Å². The van der Waals surface area contributed by atoms with Gasteiger partial charge in [-0.25, -0.2) is 9.97 Å². The number of halogens is 3. The molecule has 2 fully saturated rings. The first-order valence-corrected chi connectivity index (χ1v) is 13.0. The third-order valence-electron chi connectivity index (χ3n) is 7.29. The monoisotopic (exact) mass is 545 g/mol. The number of nitrogens with zero attached hydrogens (tertiary/aromatic N) is 3. The second-order valence-electron chi connectivity index (χ2n) is 10.4. The number of aliphatic hydroxyl groups is 1. The summed E-state index contributed by atoms with van der Waals surface area (Å²) in [5.41, 5.74) is 0.350. The lowest BCUT2D eigenvalue weighted by molar-refractivity contribution is -0.140. The third kappa shape index (κ3) is 5.70. The number of H-pyrrole nitrogens is 1. The highest BCUT2D eigenvalue weighted by molar-refractivity contribution is 6.07. The Morgan fingerprint density at radius 2 is 2.03 bits per heavy atom. The largest absolute Gasteiger partial charge is 0.493 e. The van der Waals surface area contributed by atoms with E-state index >= 15 is 0 Å². The molecular formula is C27H30F3N5O4. The minimum Gasteiger partial charge on any atom is -0.493 e. The van der Waals surface area contributed by atoms with Crippen LogP contribution in [0.3, 0.4) is 0 Å². The van der Waals surface area contributed by atoms with Crippen molar-refractivity contribution in [2.24, 2.45) is 11.8 Å². The van der Waals surface area contributed by atoms with Gasteiger partial charge in [-0.3, -0.25) is 9.59 Å². The lowest BCUT2D eigenvalue weighted by Gasteiger charge is -2.22. The number of benzene rings is 1. The summed E-state index contributed by atoms with van der Waals surface area (Å²) in [6.45, 7) is 4.47. The van der Waals surface area contributed by atoms with E-state index in [-0.39, 0.29) is 46.0 Å². The Balaban J connectivity index is 1.38. The highest BCUT2D eigenvalue weighted by atomic mass is 19.4. The molecule has 3 aromatic rings. The molecule has 3 heterocycles. The SMILES string of the molecule is C[C@H](O)C(=O)N1C[C@@H](CNC(=O)c2c[nH]c3c(-c4cc(C(F)(F)F)ccc4OCC4CC4)ncnc23)C[C@@H]1C. The van der Waals surface area contributed by atoms with E-state index < -0.39 is 23.8 Å². The summed E-state index contributed by atoms with van der Waals surface area (Å²) in [5.74, 6) is -0.0627. The standard InChI is InChI=1S/C27H30F3N5O4/c1-14-7-17(11-35(14)26(38)15(2)36)9-32-25(37)20-10-31-24-22(33-13-34-23(20)24)19-8-18(27(28,29)30)5-6-21(19)39-12-16-3-4-16/h5-6,8,10,13-17,31,36H,3-4,7,9,11-12H2,1-2H3,(H,32,37)/t14-,15-,17+/m0/s1. The van der Waals surface area contributed by atoms with Gasteiger partial charge in [-0.2, -0.15) is 13.2 Å². The van der Waals surface area contributed by atoms with Crippen molar-refractivity contribution in [3.63, 3.8) is 0 Å². The Morgan fingerprint density at radius 1 is 1.26 bits per heavy atom. The summed E-state index contributed by atoms with van der Waals surface area (Å²) in [6.07, 6.45) is -0.239. The number of nitrogens with one attached hydrogen (secondary N) is 2. The van der Waals surface area contributed by atoms with Gasteiger partial charge in [0.15, 0.2) is 0 Å². The van der Waals surface area contributed by atoms with Gasteiger partial charge in [0.05, 0.1) is 23.3 Å². The molecule has 3 N–H and O–H groups in total. The summed E-state index contributed by atoms with van der Waals surface area (Å²) in [5, 5.41) is 12.5. The average molecular weight is 546 g/mol. The molecule has 0 radical (unpaired) electrons. The molecular weight excluding hydrogens is 515 g/mol. The molecule has 9 nitrogen and oxygen atoms in total. The summed E-state index contributed by atoms with van der Waals surface area (Å²) in [4.78, 5) is 38.3. The van der Waals surface area contributed by atoms with E-state index in [1.54, 1.807) is 4.90 Å². The number of alkyl halides is 3. The van der Waals surface area contributed by atoms with Gasteiger partial charge in [0.2, 0.25) is 0 Å². The van der Waals surface area contributed by atoms with Gasteiger partial charge in [0.25, 0.3) is 11.8 Å². The normalized spacial score (nSPS) is 20.3. The molecule has 1 saturated carbocycles. The third-order valence-corrected chi connectivity index (χ3v) is 7.29. The van der Waals surface area contributed by atoms with Crippen molar-refractivity contribution in [3.8, 4) is 17.0 Å². The van der Waals surface area contributed by atoms with Crippen molar-refractivity contribution in [2.75, 3.05) is 19.7 Å². The van der Waals surface area contributed by atoms with E-state index in [1.165, 1.54) is 25.5 Å². The van der Waals surface area contributed by atoms with Crippen molar-refractivity contribution in [1.29, 1.82) is 0 Å². The highest BCUT2D eigenvalue weighted by Crippen LogP contribution is 2.40. The number of amides is 2. The lowest BCUT2D eigenvalue weighted by Crippen LogP contribution is -2.40. The molecule has 2 aromatic heterocycles.